The predicted octanol–water partition coefficient (Wildman–Crippen LogP) is 2.97. The maximum Gasteiger partial charge on any atom is 0.292 e. The SMILES string of the molecule is Cc1c(CN2CCC[C@H](c3cc(C(=O)N4CCC(C)CC4)on3)C2)cnn1C. The summed E-state index contributed by atoms with van der Waals surface area (Å²) in [5.74, 6) is 1.40. The Hall–Kier alpha value is -2.15. The zero-order valence-electron chi connectivity index (χ0n) is 17.2. The van der Waals surface area contributed by atoms with Gasteiger partial charge in [-0.25, -0.2) is 0 Å². The van der Waals surface area contributed by atoms with Crippen molar-refractivity contribution >= 4 is 5.91 Å². The van der Waals surface area contributed by atoms with Gasteiger partial charge >= 0.3 is 0 Å². The molecule has 0 saturated carbocycles. The lowest BCUT2D eigenvalue weighted by molar-refractivity contribution is 0.0655. The molecule has 0 aliphatic carbocycles. The molecule has 1 atom stereocenters. The lowest BCUT2D eigenvalue weighted by Gasteiger charge is -2.31. The molecule has 0 unspecified atom stereocenters. The summed E-state index contributed by atoms with van der Waals surface area (Å²) in [6, 6.07) is 1.88. The smallest absolute Gasteiger partial charge is 0.292 e. The van der Waals surface area contributed by atoms with Crippen molar-refractivity contribution in [3.05, 3.63) is 35.0 Å². The fourth-order valence-corrected chi connectivity index (χ4v) is 4.33. The van der Waals surface area contributed by atoms with Crippen molar-refractivity contribution in [2.75, 3.05) is 26.2 Å². The van der Waals surface area contributed by atoms with Gasteiger partial charge in [-0.15, -0.1) is 0 Å². The van der Waals surface area contributed by atoms with Gasteiger partial charge in [0, 0.05) is 56.5 Å². The number of hydrogen-bond acceptors (Lipinski definition) is 5. The van der Waals surface area contributed by atoms with Gasteiger partial charge in [0.15, 0.2) is 0 Å². The molecule has 7 nitrogen and oxygen atoms in total. The van der Waals surface area contributed by atoms with Crippen LogP contribution in [0.2, 0.25) is 0 Å². The minimum Gasteiger partial charge on any atom is -0.351 e. The topological polar surface area (TPSA) is 67.4 Å². The molecular formula is C21H31N5O2. The van der Waals surface area contributed by atoms with Gasteiger partial charge in [-0.2, -0.15) is 5.10 Å². The van der Waals surface area contributed by atoms with E-state index in [1.807, 2.05) is 28.9 Å². The van der Waals surface area contributed by atoms with E-state index in [4.69, 9.17) is 4.52 Å². The summed E-state index contributed by atoms with van der Waals surface area (Å²) in [7, 11) is 1.98. The number of carbonyl (C=O) groups is 1. The van der Waals surface area contributed by atoms with Gasteiger partial charge in [0.25, 0.3) is 5.91 Å². The molecule has 1 amide bonds. The predicted molar refractivity (Wildman–Crippen MR) is 106 cm³/mol. The second kappa shape index (κ2) is 8.07. The van der Waals surface area contributed by atoms with Crippen LogP contribution in [0.15, 0.2) is 16.8 Å². The minimum atomic E-state index is -0.00991. The first-order valence-corrected chi connectivity index (χ1v) is 10.5. The highest BCUT2D eigenvalue weighted by Crippen LogP contribution is 2.28. The molecule has 7 heteroatoms. The molecule has 2 aliphatic rings. The van der Waals surface area contributed by atoms with Crippen LogP contribution >= 0.6 is 0 Å². The van der Waals surface area contributed by atoms with E-state index < -0.39 is 0 Å². The molecule has 152 valence electrons. The maximum atomic E-state index is 12.7. The van der Waals surface area contributed by atoms with Crippen molar-refractivity contribution in [2.45, 2.75) is 52.0 Å². The molecule has 2 aromatic rings. The Morgan fingerprint density at radius 1 is 1.25 bits per heavy atom. The van der Waals surface area contributed by atoms with Gasteiger partial charge in [0.2, 0.25) is 5.76 Å². The summed E-state index contributed by atoms with van der Waals surface area (Å²) in [5.41, 5.74) is 3.41. The fourth-order valence-electron chi connectivity index (χ4n) is 4.33. The molecular weight excluding hydrogens is 354 g/mol. The molecule has 0 spiro atoms. The lowest BCUT2D eigenvalue weighted by Crippen LogP contribution is -2.37. The van der Waals surface area contributed by atoms with Gasteiger partial charge in [-0.3, -0.25) is 14.4 Å². The van der Waals surface area contributed by atoms with Crippen molar-refractivity contribution in [2.24, 2.45) is 13.0 Å². The Morgan fingerprint density at radius 3 is 2.75 bits per heavy atom. The quantitative estimate of drug-likeness (QED) is 0.809. The molecule has 28 heavy (non-hydrogen) atoms. The van der Waals surface area contributed by atoms with E-state index in [1.165, 1.54) is 11.3 Å². The first-order valence-electron chi connectivity index (χ1n) is 10.5. The molecule has 0 radical (unpaired) electrons. The first-order chi connectivity index (χ1) is 13.5. The van der Waals surface area contributed by atoms with Crippen molar-refractivity contribution < 1.29 is 9.32 Å². The molecule has 2 aliphatic heterocycles. The van der Waals surface area contributed by atoms with Crippen molar-refractivity contribution in [1.82, 2.24) is 24.7 Å². The summed E-state index contributed by atoms with van der Waals surface area (Å²) in [6.45, 7) is 8.92. The van der Waals surface area contributed by atoms with Gasteiger partial charge < -0.3 is 9.42 Å². The largest absolute Gasteiger partial charge is 0.351 e. The minimum absolute atomic E-state index is 0.00991. The van der Waals surface area contributed by atoms with Crippen LogP contribution in [0.4, 0.5) is 0 Å². The summed E-state index contributed by atoms with van der Waals surface area (Å²) < 4.78 is 7.39. The van der Waals surface area contributed by atoms with Crippen LogP contribution in [0.25, 0.3) is 0 Å². The van der Waals surface area contributed by atoms with E-state index >= 15 is 0 Å². The number of amides is 1. The summed E-state index contributed by atoms with van der Waals surface area (Å²) >= 11 is 0. The van der Waals surface area contributed by atoms with E-state index in [1.54, 1.807) is 0 Å². The van der Waals surface area contributed by atoms with Crippen molar-refractivity contribution in [3.8, 4) is 0 Å². The number of hydrogen-bond donors (Lipinski definition) is 0. The second-order valence-electron chi connectivity index (χ2n) is 8.54. The molecule has 2 saturated heterocycles. The number of aryl methyl sites for hydroxylation is 1. The molecule has 2 fully saturated rings. The number of likely N-dealkylation sites (tertiary alicyclic amines) is 2. The summed E-state index contributed by atoms with van der Waals surface area (Å²) in [4.78, 5) is 17.1. The van der Waals surface area contributed by atoms with E-state index in [2.05, 4.69) is 29.0 Å². The van der Waals surface area contributed by atoms with E-state index in [9.17, 15) is 4.79 Å². The van der Waals surface area contributed by atoms with Crippen LogP contribution in [0.1, 0.15) is 66.0 Å². The fraction of sp³-hybridized carbons (Fsp3) is 0.667. The highest BCUT2D eigenvalue weighted by atomic mass is 16.5. The molecule has 4 heterocycles. The third-order valence-corrected chi connectivity index (χ3v) is 6.46. The van der Waals surface area contributed by atoms with Crippen LogP contribution in [0.3, 0.4) is 0 Å². The third kappa shape index (κ3) is 3.99. The van der Waals surface area contributed by atoms with E-state index in [0.29, 0.717) is 17.6 Å². The van der Waals surface area contributed by atoms with Gasteiger partial charge in [0.05, 0.1) is 11.9 Å². The number of rotatable bonds is 4. The zero-order chi connectivity index (χ0) is 19.7. The van der Waals surface area contributed by atoms with E-state index in [-0.39, 0.29) is 5.91 Å². The monoisotopic (exact) mass is 385 g/mol. The standard InChI is InChI=1S/C21H31N5O2/c1-15-6-9-26(10-7-15)21(27)20-11-19(23-28-20)17-5-4-8-25(13-17)14-18-12-22-24(3)16(18)2/h11-12,15,17H,4-10,13-14H2,1-3H3/t17-/m0/s1. The molecule has 0 N–H and O–H groups in total. The molecule has 4 rings (SSSR count). The highest BCUT2D eigenvalue weighted by Gasteiger charge is 2.28. The normalized spacial score (nSPS) is 22.0. The second-order valence-corrected chi connectivity index (χ2v) is 8.54. The van der Waals surface area contributed by atoms with E-state index in [0.717, 1.165) is 64.1 Å². The Balaban J connectivity index is 1.39. The first kappa shape index (κ1) is 19.2. The average Bonchev–Trinajstić information content (AvgIpc) is 3.31. The number of carbonyl (C=O) groups excluding carboxylic acids is 1. The lowest BCUT2D eigenvalue weighted by atomic mass is 9.94. The van der Waals surface area contributed by atoms with Crippen LogP contribution in [-0.4, -0.2) is 56.8 Å². The van der Waals surface area contributed by atoms with Gasteiger partial charge in [-0.05, 0) is 45.1 Å². The van der Waals surface area contributed by atoms with Crippen LogP contribution < -0.4 is 0 Å². The number of nitrogens with zero attached hydrogens (tertiary/aromatic N) is 5. The zero-order valence-corrected chi connectivity index (χ0v) is 17.2. The van der Waals surface area contributed by atoms with Crippen molar-refractivity contribution in [3.63, 3.8) is 0 Å². The number of piperidine rings is 2. The highest BCUT2D eigenvalue weighted by molar-refractivity contribution is 5.91. The summed E-state index contributed by atoms with van der Waals surface area (Å²) in [5, 5.41) is 8.62. The molecule has 0 bridgehead atoms. The summed E-state index contributed by atoms with van der Waals surface area (Å²) in [6.07, 6.45) is 6.31. The number of aromatic nitrogens is 3. The average molecular weight is 386 g/mol. The molecule has 0 aromatic carbocycles. The third-order valence-electron chi connectivity index (χ3n) is 6.46. The maximum absolute atomic E-state index is 12.7. The van der Waals surface area contributed by atoms with Crippen LogP contribution in [0.5, 0.6) is 0 Å². The van der Waals surface area contributed by atoms with Gasteiger partial charge in [0.1, 0.15) is 0 Å². The Kier molecular flexibility index (Phi) is 5.53. The van der Waals surface area contributed by atoms with Crippen LogP contribution in [0, 0.1) is 12.8 Å². The van der Waals surface area contributed by atoms with Gasteiger partial charge in [-0.1, -0.05) is 12.1 Å². The van der Waals surface area contributed by atoms with Crippen molar-refractivity contribution in [1.29, 1.82) is 0 Å². The van der Waals surface area contributed by atoms with Crippen LogP contribution in [-0.2, 0) is 13.6 Å². The molecule has 2 aromatic heterocycles. The Morgan fingerprint density at radius 2 is 2.04 bits per heavy atom. The Bertz CT molecular complexity index is 819. The Labute approximate surface area is 166 Å².